The zero-order valence-electron chi connectivity index (χ0n) is 22.6. The highest BCUT2D eigenvalue weighted by atomic mass is 19.1. The van der Waals surface area contributed by atoms with Crippen molar-refractivity contribution in [3.05, 3.63) is 65.8 Å². The van der Waals surface area contributed by atoms with Crippen molar-refractivity contribution in [2.24, 2.45) is 15.9 Å². The molecule has 2 amide bonds. The Labute approximate surface area is 231 Å². The first-order valence-corrected chi connectivity index (χ1v) is 13.0. The zero-order valence-corrected chi connectivity index (χ0v) is 22.6. The molecule has 1 fully saturated rings. The number of rotatable bonds is 7. The van der Waals surface area contributed by atoms with Crippen LogP contribution in [0.25, 0.3) is 11.3 Å². The van der Waals surface area contributed by atoms with E-state index in [4.69, 9.17) is 4.99 Å². The molecule has 1 saturated heterocycles. The van der Waals surface area contributed by atoms with Crippen molar-refractivity contribution in [2.75, 3.05) is 31.5 Å². The SMILES string of the molecule is C=CC(=O)N1CCN(/C(=N/C2C(C)=CC=NC2C(C)C)c2cc(F)c(-c3c(O)cccc3F)nc2NC=O)CC1. The van der Waals surface area contributed by atoms with Gasteiger partial charge < -0.3 is 20.2 Å². The van der Waals surface area contributed by atoms with Crippen LogP contribution in [0.1, 0.15) is 26.3 Å². The molecular weight excluding hydrogens is 518 g/mol. The number of aromatic nitrogens is 1. The van der Waals surface area contributed by atoms with E-state index in [2.05, 4.69) is 21.9 Å². The summed E-state index contributed by atoms with van der Waals surface area (Å²) < 4.78 is 30.3. The smallest absolute Gasteiger partial charge is 0.246 e. The van der Waals surface area contributed by atoms with Gasteiger partial charge in [0.05, 0.1) is 23.2 Å². The number of piperazine rings is 1. The van der Waals surface area contributed by atoms with Gasteiger partial charge in [0, 0.05) is 32.4 Å². The number of hydrogen-bond acceptors (Lipinski definition) is 6. The van der Waals surface area contributed by atoms with Gasteiger partial charge >= 0.3 is 0 Å². The molecule has 2 aliphatic rings. The number of amidine groups is 1. The summed E-state index contributed by atoms with van der Waals surface area (Å²) in [6, 6.07) is 4.17. The Morgan fingerprint density at radius 3 is 2.52 bits per heavy atom. The second-order valence-electron chi connectivity index (χ2n) is 9.97. The maximum absolute atomic E-state index is 15.7. The Kier molecular flexibility index (Phi) is 8.71. The molecule has 2 aliphatic heterocycles. The predicted molar refractivity (Wildman–Crippen MR) is 150 cm³/mol. The number of aromatic hydroxyl groups is 1. The van der Waals surface area contributed by atoms with E-state index in [0.717, 1.165) is 17.7 Å². The largest absolute Gasteiger partial charge is 0.507 e. The second kappa shape index (κ2) is 12.2. The van der Waals surface area contributed by atoms with Gasteiger partial charge in [0.2, 0.25) is 12.3 Å². The van der Waals surface area contributed by atoms with E-state index in [1.165, 1.54) is 18.2 Å². The molecule has 2 atom stereocenters. The number of amides is 2. The molecule has 1 aromatic carbocycles. The van der Waals surface area contributed by atoms with Crippen molar-refractivity contribution in [1.29, 1.82) is 0 Å². The van der Waals surface area contributed by atoms with E-state index < -0.39 is 28.6 Å². The number of hydrogen-bond donors (Lipinski definition) is 2. The highest BCUT2D eigenvalue weighted by molar-refractivity contribution is 6.05. The van der Waals surface area contributed by atoms with Crippen LogP contribution in [0.3, 0.4) is 0 Å². The summed E-state index contributed by atoms with van der Waals surface area (Å²) in [7, 11) is 0. The first-order chi connectivity index (χ1) is 19.2. The molecule has 2 unspecified atom stereocenters. The fourth-order valence-corrected chi connectivity index (χ4v) is 4.89. The number of pyridine rings is 1. The van der Waals surface area contributed by atoms with E-state index in [-0.39, 0.29) is 35.3 Å². The minimum atomic E-state index is -0.908. The zero-order chi connectivity index (χ0) is 29.0. The molecular formula is C29H32F2N6O3. The number of benzene rings is 1. The standard InChI is InChI=1S/C29H32F2N6O3/c1-5-23(40)36-11-13-37(14-12-36)29(35-26-18(4)9-10-32-25(26)17(2)3)19-15-21(31)27(34-28(19)33-16-38)24-20(30)7-6-8-22(24)39/h5-10,15-17,25-26,39H,1,11-14H2,2-4H3,(H,33,34,38)/b35-29+. The van der Waals surface area contributed by atoms with Gasteiger partial charge in [-0.1, -0.05) is 26.5 Å². The molecule has 9 nitrogen and oxygen atoms in total. The highest BCUT2D eigenvalue weighted by Crippen LogP contribution is 2.35. The van der Waals surface area contributed by atoms with Gasteiger partial charge in [0.15, 0.2) is 5.82 Å². The van der Waals surface area contributed by atoms with E-state index in [1.54, 1.807) is 11.1 Å². The summed E-state index contributed by atoms with van der Waals surface area (Å²) >= 11 is 0. The summed E-state index contributed by atoms with van der Waals surface area (Å²) in [5.41, 5.74) is 0.258. The summed E-state index contributed by atoms with van der Waals surface area (Å²) in [5.74, 6) is -2.02. The van der Waals surface area contributed by atoms with Crippen molar-refractivity contribution in [3.8, 4) is 17.0 Å². The van der Waals surface area contributed by atoms with Gasteiger partial charge in [-0.05, 0) is 48.8 Å². The second-order valence-corrected chi connectivity index (χ2v) is 9.97. The third kappa shape index (κ3) is 5.78. The van der Waals surface area contributed by atoms with Crippen LogP contribution < -0.4 is 5.32 Å². The maximum Gasteiger partial charge on any atom is 0.246 e. The summed E-state index contributed by atoms with van der Waals surface area (Å²) in [4.78, 5) is 41.3. The number of phenols is 1. The monoisotopic (exact) mass is 550 g/mol. The van der Waals surface area contributed by atoms with Crippen LogP contribution in [0.5, 0.6) is 5.75 Å². The van der Waals surface area contributed by atoms with Crippen molar-refractivity contribution >= 4 is 30.2 Å². The first-order valence-electron chi connectivity index (χ1n) is 13.0. The fourth-order valence-electron chi connectivity index (χ4n) is 4.89. The van der Waals surface area contributed by atoms with Crippen molar-refractivity contribution in [2.45, 2.75) is 32.9 Å². The lowest BCUT2D eigenvalue weighted by Crippen LogP contribution is -2.51. The van der Waals surface area contributed by atoms with E-state index in [9.17, 15) is 19.1 Å². The minimum absolute atomic E-state index is 0.0561. The average Bonchev–Trinajstić information content (AvgIpc) is 2.93. The lowest BCUT2D eigenvalue weighted by molar-refractivity contribution is -0.127. The molecule has 1 aromatic heterocycles. The van der Waals surface area contributed by atoms with Gasteiger partial charge in [0.25, 0.3) is 0 Å². The molecule has 2 N–H and O–H groups in total. The lowest BCUT2D eigenvalue weighted by Gasteiger charge is -2.37. The van der Waals surface area contributed by atoms with Gasteiger partial charge in [-0.25, -0.2) is 13.8 Å². The molecule has 210 valence electrons. The topological polar surface area (TPSA) is 110 Å². The number of carbonyl (C=O) groups is 2. The Hall–Kier alpha value is -4.41. The lowest BCUT2D eigenvalue weighted by atomic mass is 9.90. The van der Waals surface area contributed by atoms with E-state index in [0.29, 0.717) is 38.4 Å². The van der Waals surface area contributed by atoms with Crippen LogP contribution in [-0.4, -0.2) is 82.5 Å². The molecule has 0 aliphatic carbocycles. The van der Waals surface area contributed by atoms with Gasteiger partial charge in [-0.3, -0.25) is 19.6 Å². The maximum atomic E-state index is 15.7. The Morgan fingerprint density at radius 1 is 1.20 bits per heavy atom. The normalized spacial score (nSPS) is 19.4. The number of nitrogens with one attached hydrogen (secondary N) is 1. The number of carbonyl (C=O) groups excluding carboxylic acids is 2. The fraction of sp³-hybridized carbons (Fsp3) is 0.345. The first kappa shape index (κ1) is 28.6. The molecule has 0 spiro atoms. The Balaban J connectivity index is 1.88. The van der Waals surface area contributed by atoms with E-state index >= 15 is 4.39 Å². The molecule has 11 heteroatoms. The highest BCUT2D eigenvalue weighted by Gasteiger charge is 2.32. The summed E-state index contributed by atoms with van der Waals surface area (Å²) in [6.45, 7) is 11.1. The van der Waals surface area contributed by atoms with Gasteiger partial charge in [-0.2, -0.15) is 0 Å². The van der Waals surface area contributed by atoms with E-state index in [1.807, 2.05) is 31.7 Å². The summed E-state index contributed by atoms with van der Waals surface area (Å²) in [6.07, 6.45) is 5.27. The van der Waals surface area contributed by atoms with Crippen LogP contribution in [-0.2, 0) is 9.59 Å². The molecule has 0 radical (unpaired) electrons. The number of anilines is 1. The van der Waals surface area contributed by atoms with Crippen LogP contribution in [0.15, 0.2) is 58.6 Å². The third-order valence-corrected chi connectivity index (χ3v) is 7.04. The molecule has 3 heterocycles. The molecule has 0 saturated carbocycles. The quantitative estimate of drug-likeness (QED) is 0.236. The number of halogens is 2. The minimum Gasteiger partial charge on any atom is -0.507 e. The van der Waals surface area contributed by atoms with Crippen LogP contribution >= 0.6 is 0 Å². The number of dihydropyridines is 1. The Bertz CT molecular complexity index is 1380. The van der Waals surface area contributed by atoms with Crippen LogP contribution in [0, 0.1) is 17.6 Å². The molecule has 0 bridgehead atoms. The molecule has 2 aromatic rings. The van der Waals surface area contributed by atoms with Crippen molar-refractivity contribution in [3.63, 3.8) is 0 Å². The van der Waals surface area contributed by atoms with Crippen molar-refractivity contribution < 1.29 is 23.5 Å². The third-order valence-electron chi connectivity index (χ3n) is 7.04. The predicted octanol–water partition coefficient (Wildman–Crippen LogP) is 3.80. The average molecular weight is 551 g/mol. The number of phenolic OH excluding ortho intramolecular Hbond substituents is 1. The van der Waals surface area contributed by atoms with Crippen LogP contribution in [0.4, 0.5) is 14.6 Å². The number of nitrogens with zero attached hydrogens (tertiary/aromatic N) is 5. The van der Waals surface area contributed by atoms with Gasteiger partial charge in [-0.15, -0.1) is 0 Å². The summed E-state index contributed by atoms with van der Waals surface area (Å²) in [5, 5.41) is 12.8. The Morgan fingerprint density at radius 2 is 1.90 bits per heavy atom. The van der Waals surface area contributed by atoms with Crippen molar-refractivity contribution in [1.82, 2.24) is 14.8 Å². The molecule has 4 rings (SSSR count). The van der Waals surface area contributed by atoms with Crippen LogP contribution in [0.2, 0.25) is 0 Å². The number of aliphatic imine (C=N–C) groups is 2. The molecule has 40 heavy (non-hydrogen) atoms. The number of allylic oxidation sites excluding steroid dienone is 1. The van der Waals surface area contributed by atoms with Gasteiger partial charge in [0.1, 0.15) is 28.9 Å².